The van der Waals surface area contributed by atoms with Crippen LogP contribution in [0, 0.1) is 0 Å². The highest BCUT2D eigenvalue weighted by Crippen LogP contribution is 2.45. The molecular weight excluding hydrogens is 1680 g/mol. The third-order valence-corrected chi connectivity index (χ3v) is 27.1. The summed E-state index contributed by atoms with van der Waals surface area (Å²) in [5, 5.41) is 0. The summed E-state index contributed by atoms with van der Waals surface area (Å²) < 4.78 is 4.89. The molecule has 0 radical (unpaired) electrons. The second-order valence-corrected chi connectivity index (χ2v) is 37.5. The molecule has 12 nitrogen and oxygen atoms in total. The second kappa shape index (κ2) is 55.2. The lowest BCUT2D eigenvalue weighted by atomic mass is 10.1. The zero-order chi connectivity index (χ0) is 96.4. The highest BCUT2D eigenvalue weighted by Gasteiger charge is 2.29. The fourth-order valence-corrected chi connectivity index (χ4v) is 18.9. The summed E-state index contributed by atoms with van der Waals surface area (Å²) in [4.78, 5) is 25.3. The van der Waals surface area contributed by atoms with Crippen LogP contribution in [0.15, 0.2) is 328 Å². The van der Waals surface area contributed by atoms with E-state index in [1.807, 2.05) is 0 Å². The molecule has 724 valence electrons. The monoisotopic (exact) mass is 1840 g/mol. The van der Waals surface area contributed by atoms with Crippen LogP contribution < -0.4 is 58.2 Å². The van der Waals surface area contributed by atoms with E-state index >= 15 is 0 Å². The third-order valence-electron chi connectivity index (χ3n) is 27.1. The van der Waals surface area contributed by atoms with Gasteiger partial charge in [-0.15, -0.1) is 0 Å². The highest BCUT2D eigenvalue weighted by atomic mass is 15.2. The van der Waals surface area contributed by atoms with Crippen LogP contribution in [0.3, 0.4) is 0 Å². The number of allylic oxidation sites excluding steroid dienone is 4. The van der Waals surface area contributed by atoms with Gasteiger partial charge in [-0.1, -0.05) is 197 Å². The lowest BCUT2D eigenvalue weighted by molar-refractivity contribution is 0.678. The minimum absolute atomic E-state index is 1.03. The largest absolute Gasteiger partial charge is 0.372 e. The number of unbranched alkanes of at least 4 members (excludes halogenated alkanes) is 12. The molecular formula is C126H162N12+2. The summed E-state index contributed by atoms with van der Waals surface area (Å²) in [6, 6.07) is 115. The van der Waals surface area contributed by atoms with E-state index in [4.69, 9.17) is 0 Å². The summed E-state index contributed by atoms with van der Waals surface area (Å²) in [7, 11) is 0. The second-order valence-electron chi connectivity index (χ2n) is 37.5. The molecule has 12 aromatic rings. The van der Waals surface area contributed by atoms with Crippen LogP contribution in [0.1, 0.15) is 237 Å². The number of benzene rings is 12. The van der Waals surface area contributed by atoms with Gasteiger partial charge in [0.1, 0.15) is 0 Å². The summed E-state index contributed by atoms with van der Waals surface area (Å²) >= 11 is 0. The molecule has 0 bridgehead atoms. The van der Waals surface area contributed by atoms with Crippen LogP contribution in [0.4, 0.5) is 125 Å². The van der Waals surface area contributed by atoms with E-state index in [2.05, 4.69) is 469 Å². The first-order valence-corrected chi connectivity index (χ1v) is 53.5. The van der Waals surface area contributed by atoms with E-state index in [0.717, 1.165) is 232 Å². The summed E-state index contributed by atoms with van der Waals surface area (Å²) in [5.74, 6) is 0. The summed E-state index contributed by atoms with van der Waals surface area (Å²) in [5.41, 5.74) is 27.1. The Morgan fingerprint density at radius 2 is 0.254 bits per heavy atom. The molecule has 1 aliphatic carbocycles. The van der Waals surface area contributed by atoms with Gasteiger partial charge in [-0.3, -0.25) is 0 Å². The van der Waals surface area contributed by atoms with Gasteiger partial charge in [-0.2, -0.15) is 9.15 Å². The van der Waals surface area contributed by atoms with Gasteiger partial charge in [0.15, 0.2) is 0 Å². The first-order chi connectivity index (χ1) is 68.0. The molecule has 12 aromatic carbocycles. The lowest BCUT2D eigenvalue weighted by Gasteiger charge is -2.29. The minimum Gasteiger partial charge on any atom is -0.372 e. The van der Waals surface area contributed by atoms with E-state index in [-0.39, 0.29) is 0 Å². The van der Waals surface area contributed by atoms with Gasteiger partial charge < -0.3 is 49.0 Å². The maximum Gasteiger partial charge on any atom is 0.212 e. The Labute approximate surface area is 832 Å². The smallest absolute Gasteiger partial charge is 0.212 e. The molecule has 0 unspecified atom stereocenters. The Morgan fingerprint density at radius 1 is 0.138 bits per heavy atom. The number of nitrogens with zero attached hydrogens (tertiary/aromatic N) is 12. The Kier molecular flexibility index (Phi) is 41.1. The van der Waals surface area contributed by atoms with Gasteiger partial charge in [0.25, 0.3) is 0 Å². The molecule has 13 rings (SSSR count). The average molecular weight is 1840 g/mol. The highest BCUT2D eigenvalue weighted by molar-refractivity contribution is 6.21. The van der Waals surface area contributed by atoms with Gasteiger partial charge >= 0.3 is 0 Å². The van der Waals surface area contributed by atoms with E-state index in [1.54, 1.807) is 0 Å². The van der Waals surface area contributed by atoms with Gasteiger partial charge in [-0.25, -0.2) is 0 Å². The molecule has 12 heteroatoms. The van der Waals surface area contributed by atoms with Crippen molar-refractivity contribution in [2.75, 3.05) is 128 Å². The molecule has 0 N–H and O–H groups in total. The quantitative estimate of drug-likeness (QED) is 0.0272. The number of para-hydroxylation sites is 2. The molecule has 0 saturated heterocycles. The van der Waals surface area contributed by atoms with Crippen LogP contribution in [-0.2, 0) is 0 Å². The molecule has 0 saturated carbocycles. The van der Waals surface area contributed by atoms with Crippen molar-refractivity contribution >= 4 is 137 Å². The lowest BCUT2D eigenvalue weighted by Crippen LogP contribution is -2.25. The van der Waals surface area contributed by atoms with Gasteiger partial charge in [0, 0.05) is 254 Å². The molecule has 1 aliphatic rings. The molecule has 0 atom stereocenters. The molecule has 0 spiro atoms. The molecule has 0 aromatic heterocycles. The molecule has 0 heterocycles. The van der Waals surface area contributed by atoms with Crippen molar-refractivity contribution in [3.63, 3.8) is 0 Å². The van der Waals surface area contributed by atoms with Crippen LogP contribution in [0.25, 0.3) is 0 Å². The molecule has 138 heavy (non-hydrogen) atoms. The van der Waals surface area contributed by atoms with E-state index in [0.29, 0.717) is 0 Å². The van der Waals surface area contributed by atoms with Gasteiger partial charge in [0.05, 0.1) is 0 Å². The van der Waals surface area contributed by atoms with Crippen LogP contribution >= 0.6 is 0 Å². The standard InChI is InChI=1S/C126H162N12/c1-13-25-91-127(92-26-14-2)103-47-59-111(60-48-103)133(109-43-39-37-40-44-109)117-71-75-121(76-72-117)137(122-77-73-118(74-78-122)134(110-45-41-38-42-46-110)112-61-49-104(50-62-112)128(93-27-15-3)94-28-16-4)125-87-89-126(90-88-125)138(123-83-79-119(80-84-123)135(113-63-51-105(52-64-113)129(95-29-17-5)96-30-18-6)114-65-53-106(54-66-114)130(97-31-19-7)98-32-20-8)124-85-81-120(82-86-124)136(115-67-55-107(56-68-115)131(99-33-21-9)100-34-22-10)116-69-57-108(58-70-116)132(101-35-23-11)102-36-24-12/h37-90H,13-36,91-102H2,1-12H3/q+2. The third kappa shape index (κ3) is 27.9. The Balaban J connectivity index is 0.977. The van der Waals surface area contributed by atoms with E-state index < -0.39 is 0 Å². The Morgan fingerprint density at radius 3 is 0.384 bits per heavy atom. The first kappa shape index (κ1) is 103. The van der Waals surface area contributed by atoms with Crippen LogP contribution in [0.5, 0.6) is 0 Å². The Bertz CT molecular complexity index is 5100. The SMILES string of the molecule is CCCCN(CCCC)c1ccc(N(c2ccccc2)c2ccc([N+](=C3C=CC(=[N+](c4ccc(N(c5ccc(N(CCCC)CCCC)cc5)c5ccc(N(CCCC)CCCC)cc5)cc4)c4ccc(N(c5ccc(N(CCCC)CCCC)cc5)c5ccc(N(CCCC)CCCC)cc5)cc4)C=C3)c3ccc(N(c4ccccc4)c4ccc(N(CCCC)CCCC)cc4)cc3)cc2)cc1. The van der Waals surface area contributed by atoms with Crippen molar-refractivity contribution < 1.29 is 0 Å². The molecule has 0 fully saturated rings. The zero-order valence-corrected chi connectivity index (χ0v) is 86.0. The number of rotatable bonds is 58. The predicted molar refractivity (Wildman–Crippen MR) is 608 cm³/mol. The molecule has 0 amide bonds. The summed E-state index contributed by atoms with van der Waals surface area (Å²) in [6.07, 6.45) is 37.3. The number of hydrogen-bond donors (Lipinski definition) is 0. The van der Waals surface area contributed by atoms with Crippen molar-refractivity contribution in [2.45, 2.75) is 237 Å². The van der Waals surface area contributed by atoms with Crippen molar-refractivity contribution in [1.29, 1.82) is 0 Å². The van der Waals surface area contributed by atoms with Crippen LogP contribution in [-0.4, -0.2) is 90.0 Å². The van der Waals surface area contributed by atoms with Crippen molar-refractivity contribution in [1.82, 2.24) is 9.15 Å². The molecule has 0 aliphatic heterocycles. The van der Waals surface area contributed by atoms with E-state index in [9.17, 15) is 0 Å². The topological polar surface area (TPSA) is 38.4 Å². The van der Waals surface area contributed by atoms with Gasteiger partial charge in [-0.05, 0) is 295 Å². The van der Waals surface area contributed by atoms with Gasteiger partial charge in [0.2, 0.25) is 34.2 Å². The average Bonchev–Trinajstić information content (AvgIpc) is 0.767. The number of anilines is 18. The van der Waals surface area contributed by atoms with E-state index in [1.165, 1.54) is 137 Å². The van der Waals surface area contributed by atoms with Crippen molar-refractivity contribution in [3.05, 3.63) is 328 Å². The minimum atomic E-state index is 1.03. The number of hydrogen-bond acceptors (Lipinski definition) is 10. The predicted octanol–water partition coefficient (Wildman–Crippen LogP) is 35.4. The van der Waals surface area contributed by atoms with Crippen molar-refractivity contribution in [2.24, 2.45) is 0 Å². The maximum atomic E-state index is 2.60. The zero-order valence-electron chi connectivity index (χ0n) is 86.0. The van der Waals surface area contributed by atoms with Crippen LogP contribution in [0.2, 0.25) is 0 Å². The fraction of sp³-hybridized carbons (Fsp3) is 0.381. The normalized spacial score (nSPS) is 11.7. The van der Waals surface area contributed by atoms with Crippen molar-refractivity contribution in [3.8, 4) is 0 Å². The Hall–Kier alpha value is -12.5. The first-order valence-electron chi connectivity index (χ1n) is 53.5. The maximum absolute atomic E-state index is 2.60. The summed E-state index contributed by atoms with van der Waals surface area (Å²) in [6.45, 7) is 40.2. The fourth-order valence-electron chi connectivity index (χ4n) is 18.9.